The minimum atomic E-state index is 0.00116. The highest BCUT2D eigenvalue weighted by molar-refractivity contribution is 5.76. The van der Waals surface area contributed by atoms with Crippen molar-refractivity contribution in [3.05, 3.63) is 12.4 Å². The van der Waals surface area contributed by atoms with E-state index in [9.17, 15) is 4.79 Å². The first-order valence-corrected chi connectivity index (χ1v) is 6.36. The fourth-order valence-electron chi connectivity index (χ4n) is 2.31. The lowest BCUT2D eigenvalue weighted by atomic mass is 9.79. The summed E-state index contributed by atoms with van der Waals surface area (Å²) in [5.74, 6) is 0.172. The van der Waals surface area contributed by atoms with Gasteiger partial charge in [0.25, 0.3) is 0 Å². The molecule has 1 amide bonds. The number of amides is 1. The molecule has 6 nitrogen and oxygen atoms in total. The number of nitrogens with zero attached hydrogens (tertiary/aromatic N) is 4. The first-order chi connectivity index (χ1) is 8.49. The molecule has 0 spiro atoms. The summed E-state index contributed by atoms with van der Waals surface area (Å²) >= 11 is 0. The molecule has 1 saturated heterocycles. The van der Waals surface area contributed by atoms with Gasteiger partial charge in [0.05, 0.1) is 12.7 Å². The number of hydrogen-bond acceptors (Lipinski definition) is 4. The number of likely N-dealkylation sites (tertiary alicyclic amines) is 1. The third kappa shape index (κ3) is 2.87. The van der Waals surface area contributed by atoms with Crippen LogP contribution < -0.4 is 5.73 Å². The second-order valence-electron chi connectivity index (χ2n) is 5.62. The molecule has 2 heterocycles. The Kier molecular flexibility index (Phi) is 3.65. The molecule has 6 heteroatoms. The smallest absolute Gasteiger partial charge is 0.224 e. The van der Waals surface area contributed by atoms with E-state index in [2.05, 4.69) is 24.2 Å². The normalized spacial score (nSPS) is 23.1. The molecule has 1 fully saturated rings. The highest BCUT2D eigenvalue weighted by Crippen LogP contribution is 2.27. The standard InChI is InChI=1S/C12H21N5O/c1-12(2)9-16(6-3-10(12)13)11(18)4-7-17-8-5-14-15-17/h5,8,10H,3-4,6-7,9,13H2,1-2H3. The first-order valence-electron chi connectivity index (χ1n) is 6.36. The van der Waals surface area contributed by atoms with E-state index in [-0.39, 0.29) is 17.4 Å². The predicted molar refractivity (Wildman–Crippen MR) is 67.6 cm³/mol. The Labute approximate surface area is 107 Å². The molecule has 0 radical (unpaired) electrons. The van der Waals surface area contributed by atoms with Gasteiger partial charge in [0.2, 0.25) is 5.91 Å². The number of carbonyl (C=O) groups is 1. The van der Waals surface area contributed by atoms with Crippen LogP contribution in [0.5, 0.6) is 0 Å². The molecule has 1 aliphatic heterocycles. The van der Waals surface area contributed by atoms with Gasteiger partial charge < -0.3 is 10.6 Å². The monoisotopic (exact) mass is 251 g/mol. The third-order valence-corrected chi connectivity index (χ3v) is 3.69. The summed E-state index contributed by atoms with van der Waals surface area (Å²) in [5, 5.41) is 7.57. The van der Waals surface area contributed by atoms with Gasteiger partial charge in [-0.3, -0.25) is 9.48 Å². The van der Waals surface area contributed by atoms with Crippen LogP contribution in [0.3, 0.4) is 0 Å². The number of nitrogens with two attached hydrogens (primary N) is 1. The van der Waals surface area contributed by atoms with Crippen molar-refractivity contribution >= 4 is 5.91 Å². The van der Waals surface area contributed by atoms with Crippen molar-refractivity contribution in [1.29, 1.82) is 0 Å². The lowest BCUT2D eigenvalue weighted by molar-refractivity contribution is -0.134. The molecule has 0 aromatic carbocycles. The summed E-state index contributed by atoms with van der Waals surface area (Å²) in [5.41, 5.74) is 6.07. The maximum absolute atomic E-state index is 12.1. The average Bonchev–Trinajstić information content (AvgIpc) is 2.82. The predicted octanol–water partition coefficient (Wildman–Crippen LogP) is 0.254. The summed E-state index contributed by atoms with van der Waals surface area (Å²) in [7, 11) is 0. The lowest BCUT2D eigenvalue weighted by Crippen LogP contribution is -2.54. The van der Waals surface area contributed by atoms with Gasteiger partial charge in [0.1, 0.15) is 0 Å². The van der Waals surface area contributed by atoms with Crippen LogP contribution in [-0.4, -0.2) is 44.9 Å². The fourth-order valence-corrected chi connectivity index (χ4v) is 2.31. The molecule has 0 bridgehead atoms. The fraction of sp³-hybridized carbons (Fsp3) is 0.750. The highest BCUT2D eigenvalue weighted by Gasteiger charge is 2.34. The molecule has 1 aromatic heterocycles. The van der Waals surface area contributed by atoms with Crippen LogP contribution in [-0.2, 0) is 11.3 Å². The van der Waals surface area contributed by atoms with Crippen molar-refractivity contribution in [2.45, 2.75) is 39.3 Å². The number of piperidine rings is 1. The van der Waals surface area contributed by atoms with Crippen LogP contribution in [0.4, 0.5) is 0 Å². The Morgan fingerprint density at radius 1 is 1.56 bits per heavy atom. The molecule has 0 saturated carbocycles. The number of carbonyl (C=O) groups excluding carboxylic acids is 1. The molecular weight excluding hydrogens is 230 g/mol. The SMILES string of the molecule is CC1(C)CN(C(=O)CCn2ccnn2)CCC1N. The minimum Gasteiger partial charge on any atom is -0.342 e. The van der Waals surface area contributed by atoms with Crippen molar-refractivity contribution in [2.75, 3.05) is 13.1 Å². The van der Waals surface area contributed by atoms with Gasteiger partial charge in [-0.05, 0) is 11.8 Å². The van der Waals surface area contributed by atoms with E-state index >= 15 is 0 Å². The second-order valence-corrected chi connectivity index (χ2v) is 5.62. The largest absolute Gasteiger partial charge is 0.342 e. The number of hydrogen-bond donors (Lipinski definition) is 1. The Hall–Kier alpha value is -1.43. The van der Waals surface area contributed by atoms with Gasteiger partial charge in [-0.1, -0.05) is 19.1 Å². The summed E-state index contributed by atoms with van der Waals surface area (Å²) in [6, 6.07) is 0.178. The van der Waals surface area contributed by atoms with Crippen molar-refractivity contribution in [3.8, 4) is 0 Å². The van der Waals surface area contributed by atoms with E-state index in [0.717, 1.165) is 19.5 Å². The molecule has 1 aliphatic rings. The van der Waals surface area contributed by atoms with Gasteiger partial charge in [0.15, 0.2) is 0 Å². The van der Waals surface area contributed by atoms with Gasteiger partial charge >= 0.3 is 0 Å². The summed E-state index contributed by atoms with van der Waals surface area (Å²) < 4.78 is 1.68. The van der Waals surface area contributed by atoms with Crippen molar-refractivity contribution < 1.29 is 4.79 Å². The number of aromatic nitrogens is 3. The molecule has 2 rings (SSSR count). The van der Waals surface area contributed by atoms with Crippen molar-refractivity contribution in [2.24, 2.45) is 11.1 Å². The minimum absolute atomic E-state index is 0.00116. The zero-order valence-electron chi connectivity index (χ0n) is 11.0. The van der Waals surface area contributed by atoms with Crippen LogP contribution in [0.15, 0.2) is 12.4 Å². The van der Waals surface area contributed by atoms with Gasteiger partial charge in [-0.2, -0.15) is 0 Å². The van der Waals surface area contributed by atoms with Crippen LogP contribution in [0.1, 0.15) is 26.7 Å². The molecule has 0 aliphatic carbocycles. The maximum atomic E-state index is 12.1. The zero-order valence-corrected chi connectivity index (χ0v) is 11.0. The zero-order chi connectivity index (χ0) is 13.2. The average molecular weight is 251 g/mol. The second kappa shape index (κ2) is 5.06. The van der Waals surface area contributed by atoms with Gasteiger partial charge in [0, 0.05) is 31.7 Å². The van der Waals surface area contributed by atoms with Crippen LogP contribution in [0, 0.1) is 5.41 Å². The van der Waals surface area contributed by atoms with Crippen LogP contribution in [0.25, 0.3) is 0 Å². The van der Waals surface area contributed by atoms with E-state index in [0.29, 0.717) is 13.0 Å². The third-order valence-electron chi connectivity index (χ3n) is 3.69. The van der Waals surface area contributed by atoms with Gasteiger partial charge in [-0.25, -0.2) is 0 Å². The molecule has 2 N–H and O–H groups in total. The Balaban J connectivity index is 1.86. The summed E-state index contributed by atoms with van der Waals surface area (Å²) in [4.78, 5) is 14.0. The lowest BCUT2D eigenvalue weighted by Gasteiger charge is -2.42. The van der Waals surface area contributed by atoms with E-state index < -0.39 is 0 Å². The highest BCUT2D eigenvalue weighted by atomic mass is 16.2. The quantitative estimate of drug-likeness (QED) is 0.835. The number of aryl methyl sites for hydroxylation is 1. The van der Waals surface area contributed by atoms with Gasteiger partial charge in [-0.15, -0.1) is 5.10 Å². The van der Waals surface area contributed by atoms with Crippen LogP contribution >= 0.6 is 0 Å². The summed E-state index contributed by atoms with van der Waals surface area (Å²) in [6.07, 6.45) is 4.73. The molecule has 18 heavy (non-hydrogen) atoms. The Morgan fingerprint density at radius 3 is 2.94 bits per heavy atom. The summed E-state index contributed by atoms with van der Waals surface area (Å²) in [6.45, 7) is 6.33. The van der Waals surface area contributed by atoms with Crippen molar-refractivity contribution in [1.82, 2.24) is 19.9 Å². The first kappa shape index (κ1) is 13.0. The molecule has 1 atom stereocenters. The Morgan fingerprint density at radius 2 is 2.33 bits per heavy atom. The van der Waals surface area contributed by atoms with Crippen LogP contribution in [0.2, 0.25) is 0 Å². The Bertz CT molecular complexity index is 401. The van der Waals surface area contributed by atoms with E-state index in [1.54, 1.807) is 17.1 Å². The maximum Gasteiger partial charge on any atom is 0.224 e. The van der Waals surface area contributed by atoms with E-state index in [1.165, 1.54) is 0 Å². The molecular formula is C12H21N5O. The topological polar surface area (TPSA) is 77.0 Å². The van der Waals surface area contributed by atoms with Crippen molar-refractivity contribution in [3.63, 3.8) is 0 Å². The van der Waals surface area contributed by atoms with E-state index in [4.69, 9.17) is 5.73 Å². The van der Waals surface area contributed by atoms with E-state index in [1.807, 2.05) is 4.90 Å². The molecule has 1 unspecified atom stereocenters. The number of rotatable bonds is 3. The molecule has 100 valence electrons. The molecule has 1 aromatic rings.